The fourth-order valence-electron chi connectivity index (χ4n) is 3.45. The quantitative estimate of drug-likeness (QED) is 0.182. The largest absolute Gasteiger partial charge is 0.457 e. The summed E-state index contributed by atoms with van der Waals surface area (Å²) in [6, 6.07) is 29.5. The van der Waals surface area contributed by atoms with Gasteiger partial charge in [-0.25, -0.2) is 0 Å². The third-order valence-electron chi connectivity index (χ3n) is 5.04. The molecular formula is C25H21N3O3. The maximum atomic E-state index is 10.8. The zero-order valence-electron chi connectivity index (χ0n) is 16.6. The standard InChI is InChI=1S/C25H21N3O3/c26-20-7-1-17(2-8-20)25(18-3-9-21(27)10-4-18)19-5-13-23(14-6-19)31-24-15-11-22(12-16-24)28(29)30/h1-16,25H,26-27H2. The van der Waals surface area contributed by atoms with Crippen molar-refractivity contribution in [2.75, 3.05) is 11.5 Å². The minimum Gasteiger partial charge on any atom is -0.457 e. The molecule has 6 heteroatoms. The molecule has 6 nitrogen and oxygen atoms in total. The number of nitrogen functional groups attached to an aromatic ring is 2. The molecule has 0 unspecified atom stereocenters. The summed E-state index contributed by atoms with van der Waals surface area (Å²) in [7, 11) is 0. The highest BCUT2D eigenvalue weighted by atomic mass is 16.6. The number of nitrogens with two attached hydrogens (primary N) is 2. The molecule has 0 saturated carbocycles. The van der Waals surface area contributed by atoms with Gasteiger partial charge in [-0.05, 0) is 65.2 Å². The van der Waals surface area contributed by atoms with Gasteiger partial charge in [0.05, 0.1) is 4.92 Å². The second kappa shape index (κ2) is 8.59. The van der Waals surface area contributed by atoms with E-state index in [1.54, 1.807) is 12.1 Å². The third-order valence-corrected chi connectivity index (χ3v) is 5.04. The van der Waals surface area contributed by atoms with Crippen molar-refractivity contribution in [2.24, 2.45) is 0 Å². The number of anilines is 2. The van der Waals surface area contributed by atoms with E-state index in [2.05, 4.69) is 0 Å². The summed E-state index contributed by atoms with van der Waals surface area (Å²) in [6.07, 6.45) is 0. The van der Waals surface area contributed by atoms with Crippen molar-refractivity contribution in [1.29, 1.82) is 0 Å². The van der Waals surface area contributed by atoms with Crippen LogP contribution in [0.25, 0.3) is 0 Å². The van der Waals surface area contributed by atoms with Crippen molar-refractivity contribution in [2.45, 2.75) is 5.92 Å². The number of hydrogen-bond acceptors (Lipinski definition) is 5. The highest BCUT2D eigenvalue weighted by Crippen LogP contribution is 2.34. The number of nitrogens with zero attached hydrogens (tertiary/aromatic N) is 1. The zero-order valence-corrected chi connectivity index (χ0v) is 16.6. The highest BCUT2D eigenvalue weighted by Gasteiger charge is 2.17. The molecule has 0 fully saturated rings. The van der Waals surface area contributed by atoms with Gasteiger partial charge in [0.15, 0.2) is 0 Å². The lowest BCUT2D eigenvalue weighted by molar-refractivity contribution is -0.384. The molecule has 0 spiro atoms. The maximum absolute atomic E-state index is 10.8. The van der Waals surface area contributed by atoms with Crippen LogP contribution in [0.15, 0.2) is 97.1 Å². The second-order valence-corrected chi connectivity index (χ2v) is 7.19. The predicted molar refractivity (Wildman–Crippen MR) is 122 cm³/mol. The van der Waals surface area contributed by atoms with E-state index >= 15 is 0 Å². The summed E-state index contributed by atoms with van der Waals surface area (Å²) in [5, 5.41) is 10.8. The zero-order chi connectivity index (χ0) is 21.8. The van der Waals surface area contributed by atoms with Gasteiger partial charge in [0.1, 0.15) is 11.5 Å². The van der Waals surface area contributed by atoms with Crippen molar-refractivity contribution < 1.29 is 9.66 Å². The van der Waals surface area contributed by atoms with Gasteiger partial charge >= 0.3 is 0 Å². The van der Waals surface area contributed by atoms with Crippen LogP contribution >= 0.6 is 0 Å². The molecule has 0 aromatic heterocycles. The van der Waals surface area contributed by atoms with Gasteiger partial charge in [-0.15, -0.1) is 0 Å². The average Bonchev–Trinajstić information content (AvgIpc) is 2.78. The lowest BCUT2D eigenvalue weighted by atomic mass is 9.85. The second-order valence-electron chi connectivity index (χ2n) is 7.19. The van der Waals surface area contributed by atoms with E-state index in [4.69, 9.17) is 16.2 Å². The number of nitro groups is 1. The van der Waals surface area contributed by atoms with E-state index in [1.807, 2.05) is 72.8 Å². The van der Waals surface area contributed by atoms with E-state index in [0.717, 1.165) is 16.7 Å². The Bertz CT molecular complexity index is 1130. The van der Waals surface area contributed by atoms with Crippen LogP contribution in [0.4, 0.5) is 17.1 Å². The number of ether oxygens (including phenoxy) is 1. The molecule has 31 heavy (non-hydrogen) atoms. The molecule has 0 amide bonds. The van der Waals surface area contributed by atoms with Gasteiger partial charge < -0.3 is 16.2 Å². The predicted octanol–water partition coefficient (Wildman–Crippen LogP) is 5.73. The molecule has 4 aromatic rings. The molecular weight excluding hydrogens is 390 g/mol. The molecule has 0 saturated heterocycles. The van der Waals surface area contributed by atoms with Crippen LogP contribution in [-0.4, -0.2) is 4.92 Å². The van der Waals surface area contributed by atoms with Crippen LogP contribution in [0.2, 0.25) is 0 Å². The topological polar surface area (TPSA) is 104 Å². The fourth-order valence-corrected chi connectivity index (χ4v) is 3.45. The Kier molecular flexibility index (Phi) is 5.53. The molecule has 0 atom stereocenters. The smallest absolute Gasteiger partial charge is 0.269 e. The first kappa shape index (κ1) is 20.0. The average molecular weight is 411 g/mol. The summed E-state index contributed by atoms with van der Waals surface area (Å²) in [5.41, 5.74) is 16.5. The Morgan fingerprint density at radius 2 is 0.968 bits per heavy atom. The van der Waals surface area contributed by atoms with E-state index in [1.165, 1.54) is 12.1 Å². The van der Waals surface area contributed by atoms with Crippen LogP contribution in [-0.2, 0) is 0 Å². The van der Waals surface area contributed by atoms with E-state index in [9.17, 15) is 10.1 Å². The maximum Gasteiger partial charge on any atom is 0.269 e. The van der Waals surface area contributed by atoms with E-state index in [-0.39, 0.29) is 11.6 Å². The molecule has 0 bridgehead atoms. The van der Waals surface area contributed by atoms with Crippen LogP contribution in [0, 0.1) is 10.1 Å². The van der Waals surface area contributed by atoms with E-state index < -0.39 is 4.92 Å². The highest BCUT2D eigenvalue weighted by molar-refractivity contribution is 5.51. The summed E-state index contributed by atoms with van der Waals surface area (Å²) in [6.45, 7) is 0. The lowest BCUT2D eigenvalue weighted by Crippen LogP contribution is -2.04. The summed E-state index contributed by atoms with van der Waals surface area (Å²) in [5.74, 6) is 1.19. The molecule has 4 aromatic carbocycles. The Morgan fingerprint density at radius 1 is 0.613 bits per heavy atom. The van der Waals surface area contributed by atoms with Crippen molar-refractivity contribution in [3.05, 3.63) is 124 Å². The van der Waals surface area contributed by atoms with Gasteiger partial charge in [-0.2, -0.15) is 0 Å². The Morgan fingerprint density at radius 3 is 1.35 bits per heavy atom. The Balaban J connectivity index is 1.62. The minimum atomic E-state index is -0.437. The number of hydrogen-bond donors (Lipinski definition) is 2. The molecule has 4 rings (SSSR count). The van der Waals surface area contributed by atoms with Crippen LogP contribution in [0.3, 0.4) is 0 Å². The Labute approximate surface area is 179 Å². The molecule has 0 aliphatic heterocycles. The molecule has 0 heterocycles. The Hall–Kier alpha value is -4.32. The van der Waals surface area contributed by atoms with Crippen molar-refractivity contribution in [1.82, 2.24) is 0 Å². The van der Waals surface area contributed by atoms with Gasteiger partial charge in [0, 0.05) is 29.4 Å². The summed E-state index contributed by atoms with van der Waals surface area (Å²) >= 11 is 0. The van der Waals surface area contributed by atoms with Gasteiger partial charge in [-0.1, -0.05) is 36.4 Å². The lowest BCUT2D eigenvalue weighted by Gasteiger charge is -2.20. The molecule has 4 N–H and O–H groups in total. The van der Waals surface area contributed by atoms with Gasteiger partial charge in [0.25, 0.3) is 5.69 Å². The number of benzene rings is 4. The molecule has 154 valence electrons. The number of non-ortho nitro benzene ring substituents is 1. The minimum absolute atomic E-state index is 0.00891. The van der Waals surface area contributed by atoms with E-state index in [0.29, 0.717) is 22.9 Å². The monoisotopic (exact) mass is 411 g/mol. The van der Waals surface area contributed by atoms with Gasteiger partial charge in [0.2, 0.25) is 0 Å². The first-order valence-electron chi connectivity index (χ1n) is 9.73. The third kappa shape index (κ3) is 4.64. The number of rotatable bonds is 6. The van der Waals surface area contributed by atoms with Crippen LogP contribution in [0.1, 0.15) is 22.6 Å². The van der Waals surface area contributed by atoms with Crippen LogP contribution < -0.4 is 16.2 Å². The van der Waals surface area contributed by atoms with Crippen molar-refractivity contribution >= 4 is 17.1 Å². The molecule has 0 aliphatic rings. The molecule has 0 radical (unpaired) electrons. The molecule has 0 aliphatic carbocycles. The summed E-state index contributed by atoms with van der Waals surface area (Å²) in [4.78, 5) is 10.4. The van der Waals surface area contributed by atoms with Crippen molar-refractivity contribution in [3.63, 3.8) is 0 Å². The summed E-state index contributed by atoms with van der Waals surface area (Å²) < 4.78 is 5.84. The fraction of sp³-hybridized carbons (Fsp3) is 0.0400. The number of nitro benzene ring substituents is 1. The van der Waals surface area contributed by atoms with Crippen LogP contribution in [0.5, 0.6) is 11.5 Å². The van der Waals surface area contributed by atoms with Crippen molar-refractivity contribution in [3.8, 4) is 11.5 Å². The normalized spacial score (nSPS) is 10.7. The first-order valence-corrected chi connectivity index (χ1v) is 9.73. The van der Waals surface area contributed by atoms with Gasteiger partial charge in [-0.3, -0.25) is 10.1 Å². The SMILES string of the molecule is Nc1ccc(C(c2ccc(N)cc2)c2ccc(Oc3ccc([N+](=O)[O-])cc3)cc2)cc1. The first-order chi connectivity index (χ1) is 15.0.